The van der Waals surface area contributed by atoms with Crippen molar-refractivity contribution in [1.29, 1.82) is 0 Å². The van der Waals surface area contributed by atoms with Gasteiger partial charge < -0.3 is 14.5 Å². The second kappa shape index (κ2) is 8.90. The monoisotopic (exact) mass is 349 g/mol. The van der Waals surface area contributed by atoms with E-state index in [4.69, 9.17) is 9.15 Å². The zero-order valence-electron chi connectivity index (χ0n) is 14.9. The van der Waals surface area contributed by atoms with Crippen molar-refractivity contribution in [3.63, 3.8) is 0 Å². The molecule has 0 aliphatic carbocycles. The van der Waals surface area contributed by atoms with Crippen LogP contribution in [0.15, 0.2) is 77.4 Å². The molecule has 0 aliphatic rings. The van der Waals surface area contributed by atoms with Crippen molar-refractivity contribution in [2.45, 2.75) is 25.7 Å². The van der Waals surface area contributed by atoms with Gasteiger partial charge in [-0.05, 0) is 55.3 Å². The smallest absolute Gasteiger partial charge is 0.225 e. The predicted molar refractivity (Wildman–Crippen MR) is 102 cm³/mol. The molecule has 0 saturated heterocycles. The molecule has 4 nitrogen and oxygen atoms in total. The molecule has 0 fully saturated rings. The van der Waals surface area contributed by atoms with E-state index in [0.29, 0.717) is 13.0 Å². The van der Waals surface area contributed by atoms with E-state index >= 15 is 0 Å². The van der Waals surface area contributed by atoms with Gasteiger partial charge in [0.2, 0.25) is 5.91 Å². The Morgan fingerprint density at radius 1 is 1.04 bits per heavy atom. The van der Waals surface area contributed by atoms with E-state index in [1.54, 1.807) is 6.26 Å². The van der Waals surface area contributed by atoms with E-state index in [1.807, 2.05) is 61.5 Å². The van der Waals surface area contributed by atoms with E-state index in [0.717, 1.165) is 23.6 Å². The largest absolute Gasteiger partial charge is 0.494 e. The number of nitrogens with one attached hydrogen (secondary N) is 1. The van der Waals surface area contributed by atoms with Crippen LogP contribution in [0.25, 0.3) is 0 Å². The SMILES string of the molecule is CCOc1ccc(NC(=O)CC(Cc2ccccc2)c2ccco2)cc1. The van der Waals surface area contributed by atoms with Crippen LogP contribution in [0.5, 0.6) is 5.75 Å². The molecule has 3 rings (SSSR count). The molecule has 2 aromatic carbocycles. The Bertz CT molecular complexity index is 795. The van der Waals surface area contributed by atoms with Gasteiger partial charge in [-0.2, -0.15) is 0 Å². The Labute approximate surface area is 153 Å². The Balaban J connectivity index is 1.65. The van der Waals surface area contributed by atoms with Crippen LogP contribution in [0.3, 0.4) is 0 Å². The number of carbonyl (C=O) groups is 1. The maximum absolute atomic E-state index is 12.5. The highest BCUT2D eigenvalue weighted by Gasteiger charge is 2.19. The minimum Gasteiger partial charge on any atom is -0.494 e. The number of hydrogen-bond donors (Lipinski definition) is 1. The molecule has 0 aliphatic heterocycles. The molecule has 0 saturated carbocycles. The van der Waals surface area contributed by atoms with Gasteiger partial charge in [-0.15, -0.1) is 0 Å². The molecular weight excluding hydrogens is 326 g/mol. The average Bonchev–Trinajstić information content (AvgIpc) is 3.19. The van der Waals surface area contributed by atoms with Crippen molar-refractivity contribution in [2.75, 3.05) is 11.9 Å². The number of rotatable bonds is 8. The zero-order valence-corrected chi connectivity index (χ0v) is 14.9. The Morgan fingerprint density at radius 2 is 1.81 bits per heavy atom. The second-order valence-electron chi connectivity index (χ2n) is 6.11. The lowest BCUT2D eigenvalue weighted by atomic mass is 9.93. The lowest BCUT2D eigenvalue weighted by Crippen LogP contribution is -2.16. The van der Waals surface area contributed by atoms with Gasteiger partial charge in [0.1, 0.15) is 11.5 Å². The summed E-state index contributed by atoms with van der Waals surface area (Å²) in [6.45, 7) is 2.56. The van der Waals surface area contributed by atoms with Crippen LogP contribution < -0.4 is 10.1 Å². The fraction of sp³-hybridized carbons (Fsp3) is 0.227. The summed E-state index contributed by atoms with van der Waals surface area (Å²) in [6, 6.07) is 21.3. The lowest BCUT2D eigenvalue weighted by Gasteiger charge is -2.15. The molecule has 0 bridgehead atoms. The standard InChI is InChI=1S/C22H23NO3/c1-2-25-20-12-10-19(11-13-20)23-22(24)16-18(21-9-6-14-26-21)15-17-7-4-3-5-8-17/h3-14,18H,2,15-16H2,1H3,(H,23,24). The second-order valence-corrected chi connectivity index (χ2v) is 6.11. The summed E-state index contributed by atoms with van der Waals surface area (Å²) < 4.78 is 11.0. The molecule has 0 spiro atoms. The fourth-order valence-electron chi connectivity index (χ4n) is 2.93. The Kier molecular flexibility index (Phi) is 6.09. The van der Waals surface area contributed by atoms with Gasteiger partial charge in [0.05, 0.1) is 12.9 Å². The van der Waals surface area contributed by atoms with E-state index < -0.39 is 0 Å². The van der Waals surface area contributed by atoms with Crippen molar-refractivity contribution in [3.8, 4) is 5.75 Å². The maximum Gasteiger partial charge on any atom is 0.225 e. The fourth-order valence-corrected chi connectivity index (χ4v) is 2.93. The van der Waals surface area contributed by atoms with Gasteiger partial charge in [-0.25, -0.2) is 0 Å². The molecular formula is C22H23NO3. The number of anilines is 1. The van der Waals surface area contributed by atoms with Crippen molar-refractivity contribution in [2.24, 2.45) is 0 Å². The van der Waals surface area contributed by atoms with Crippen LogP contribution in [0.2, 0.25) is 0 Å². The van der Waals surface area contributed by atoms with Crippen molar-refractivity contribution in [1.82, 2.24) is 0 Å². The molecule has 1 N–H and O–H groups in total. The third-order valence-electron chi connectivity index (χ3n) is 4.15. The highest BCUT2D eigenvalue weighted by molar-refractivity contribution is 5.91. The summed E-state index contributed by atoms with van der Waals surface area (Å²) in [5.74, 6) is 1.58. The normalized spacial score (nSPS) is 11.7. The van der Waals surface area contributed by atoms with Gasteiger partial charge in [-0.1, -0.05) is 30.3 Å². The third kappa shape index (κ3) is 4.99. The van der Waals surface area contributed by atoms with Gasteiger partial charge in [-0.3, -0.25) is 4.79 Å². The minimum atomic E-state index is -0.0357. The molecule has 1 atom stereocenters. The third-order valence-corrected chi connectivity index (χ3v) is 4.15. The summed E-state index contributed by atoms with van der Waals surface area (Å²) in [5, 5.41) is 2.95. The Morgan fingerprint density at radius 3 is 2.46 bits per heavy atom. The number of ether oxygens (including phenoxy) is 1. The van der Waals surface area contributed by atoms with Crippen LogP contribution in [0.4, 0.5) is 5.69 Å². The van der Waals surface area contributed by atoms with Crippen LogP contribution >= 0.6 is 0 Å². The van der Waals surface area contributed by atoms with Crippen molar-refractivity contribution in [3.05, 3.63) is 84.3 Å². The van der Waals surface area contributed by atoms with Gasteiger partial charge in [0.15, 0.2) is 0 Å². The number of furan rings is 1. The maximum atomic E-state index is 12.5. The Hall–Kier alpha value is -3.01. The first-order valence-corrected chi connectivity index (χ1v) is 8.84. The summed E-state index contributed by atoms with van der Waals surface area (Å²) in [4.78, 5) is 12.5. The number of hydrogen-bond acceptors (Lipinski definition) is 3. The summed E-state index contributed by atoms with van der Waals surface area (Å²) in [5.41, 5.74) is 1.94. The molecule has 1 amide bonds. The molecule has 1 unspecified atom stereocenters. The quantitative estimate of drug-likeness (QED) is 0.620. The van der Waals surface area contributed by atoms with Gasteiger partial charge in [0.25, 0.3) is 0 Å². The van der Waals surface area contributed by atoms with Gasteiger partial charge >= 0.3 is 0 Å². The van der Waals surface area contributed by atoms with E-state index in [1.165, 1.54) is 5.56 Å². The highest BCUT2D eigenvalue weighted by Crippen LogP contribution is 2.26. The number of benzene rings is 2. The van der Waals surface area contributed by atoms with Crippen LogP contribution in [0, 0.1) is 0 Å². The van der Waals surface area contributed by atoms with Crippen molar-refractivity contribution < 1.29 is 13.9 Å². The molecule has 1 aromatic heterocycles. The minimum absolute atomic E-state index is 0.00454. The number of amides is 1. The van der Waals surface area contributed by atoms with E-state index in [2.05, 4.69) is 17.4 Å². The van der Waals surface area contributed by atoms with Crippen molar-refractivity contribution >= 4 is 11.6 Å². The van der Waals surface area contributed by atoms with E-state index in [-0.39, 0.29) is 11.8 Å². The first-order valence-electron chi connectivity index (χ1n) is 8.84. The molecule has 0 radical (unpaired) electrons. The number of carbonyl (C=O) groups excluding carboxylic acids is 1. The van der Waals surface area contributed by atoms with Crippen LogP contribution in [-0.2, 0) is 11.2 Å². The van der Waals surface area contributed by atoms with Crippen LogP contribution in [0.1, 0.15) is 30.6 Å². The summed E-state index contributed by atoms with van der Waals surface area (Å²) in [6.07, 6.45) is 2.76. The summed E-state index contributed by atoms with van der Waals surface area (Å²) in [7, 11) is 0. The molecule has 4 heteroatoms. The predicted octanol–water partition coefficient (Wildman–Crippen LogP) is 5.03. The lowest BCUT2D eigenvalue weighted by molar-refractivity contribution is -0.116. The molecule has 134 valence electrons. The molecule has 1 heterocycles. The highest BCUT2D eigenvalue weighted by atomic mass is 16.5. The topological polar surface area (TPSA) is 51.5 Å². The first kappa shape index (κ1) is 17.8. The molecule has 26 heavy (non-hydrogen) atoms. The zero-order chi connectivity index (χ0) is 18.2. The first-order chi connectivity index (χ1) is 12.7. The summed E-state index contributed by atoms with van der Waals surface area (Å²) >= 11 is 0. The van der Waals surface area contributed by atoms with Gasteiger partial charge in [0, 0.05) is 18.0 Å². The van der Waals surface area contributed by atoms with Crippen LogP contribution in [-0.4, -0.2) is 12.5 Å². The molecule has 3 aromatic rings. The van der Waals surface area contributed by atoms with E-state index in [9.17, 15) is 4.79 Å². The average molecular weight is 349 g/mol.